The molecular weight excluding hydrogens is 711 g/mol. The van der Waals surface area contributed by atoms with Gasteiger partial charge in [0.2, 0.25) is 0 Å². The summed E-state index contributed by atoms with van der Waals surface area (Å²) in [4.78, 5) is 37.8. The largest absolute Gasteiger partial charge is 0.492 e. The molecule has 0 fully saturated rings. The van der Waals surface area contributed by atoms with Crippen LogP contribution in [0.15, 0.2) is 84.9 Å². The van der Waals surface area contributed by atoms with Crippen molar-refractivity contribution in [2.75, 3.05) is 13.2 Å². The molecule has 0 bridgehead atoms. The highest BCUT2D eigenvalue weighted by molar-refractivity contribution is 6.32. The molecule has 4 aromatic carbocycles. The number of unbranched alkanes of at least 4 members (excludes halogenated alkanes) is 7. The molecule has 9 heteroatoms. The van der Waals surface area contributed by atoms with E-state index in [0.717, 1.165) is 41.5 Å². The molecule has 0 N–H and O–H groups in total. The molecular formula is C44H50Cl2O7. The van der Waals surface area contributed by atoms with Crippen molar-refractivity contribution in [3.8, 4) is 33.8 Å². The predicted octanol–water partition coefficient (Wildman–Crippen LogP) is 12.2. The van der Waals surface area contributed by atoms with Gasteiger partial charge < -0.3 is 18.9 Å². The maximum Gasteiger partial charge on any atom is 0.347 e. The predicted molar refractivity (Wildman–Crippen MR) is 212 cm³/mol. The number of rotatable bonds is 20. The van der Waals surface area contributed by atoms with Gasteiger partial charge in [0.25, 0.3) is 0 Å². The molecule has 0 aliphatic carbocycles. The van der Waals surface area contributed by atoms with Gasteiger partial charge in [0.05, 0.1) is 34.4 Å². The Morgan fingerprint density at radius 1 is 0.604 bits per heavy atom. The first-order valence-electron chi connectivity index (χ1n) is 18.6. The van der Waals surface area contributed by atoms with Crippen molar-refractivity contribution < 1.29 is 33.3 Å². The van der Waals surface area contributed by atoms with E-state index in [1.807, 2.05) is 44.2 Å². The van der Waals surface area contributed by atoms with Crippen LogP contribution in [-0.4, -0.2) is 37.2 Å². The van der Waals surface area contributed by atoms with Gasteiger partial charge in [-0.15, -0.1) is 0 Å². The van der Waals surface area contributed by atoms with Crippen molar-refractivity contribution in [2.45, 2.75) is 91.6 Å². The summed E-state index contributed by atoms with van der Waals surface area (Å²) in [5.74, 6) is -0.644. The molecule has 2 atom stereocenters. The molecule has 0 saturated carbocycles. The van der Waals surface area contributed by atoms with Crippen LogP contribution in [0, 0.1) is 5.92 Å². The van der Waals surface area contributed by atoms with E-state index >= 15 is 0 Å². The van der Waals surface area contributed by atoms with Gasteiger partial charge in [-0.3, -0.25) is 0 Å². The first-order valence-corrected chi connectivity index (χ1v) is 19.4. The molecule has 282 valence electrons. The zero-order valence-corrected chi connectivity index (χ0v) is 32.6. The van der Waals surface area contributed by atoms with Gasteiger partial charge in [0.15, 0.2) is 6.10 Å². The minimum absolute atomic E-state index is 0.216. The Hall–Kier alpha value is -4.33. The third-order valence-electron chi connectivity index (χ3n) is 9.05. The van der Waals surface area contributed by atoms with Gasteiger partial charge in [0.1, 0.15) is 11.5 Å². The Bertz CT molecular complexity index is 1790. The number of hydrogen-bond acceptors (Lipinski definition) is 7. The number of esters is 3. The topological polar surface area (TPSA) is 88.1 Å². The van der Waals surface area contributed by atoms with E-state index in [9.17, 15) is 14.4 Å². The Kier molecular flexibility index (Phi) is 16.7. The number of carbonyl (C=O) groups is 3. The summed E-state index contributed by atoms with van der Waals surface area (Å²) in [6.45, 7) is 8.63. The van der Waals surface area contributed by atoms with Crippen LogP contribution in [0.3, 0.4) is 0 Å². The van der Waals surface area contributed by atoms with Crippen molar-refractivity contribution in [3.63, 3.8) is 0 Å². The summed E-state index contributed by atoms with van der Waals surface area (Å²) < 4.78 is 22.1. The second-order valence-corrected chi connectivity index (χ2v) is 14.2. The molecule has 0 aliphatic heterocycles. The summed E-state index contributed by atoms with van der Waals surface area (Å²) in [6, 6.07) is 24.6. The molecule has 4 rings (SSSR count). The zero-order valence-electron chi connectivity index (χ0n) is 31.1. The molecule has 0 saturated heterocycles. The zero-order chi connectivity index (χ0) is 38.2. The molecule has 0 radical (unpaired) electrons. The molecule has 0 aliphatic rings. The Morgan fingerprint density at radius 2 is 1.09 bits per heavy atom. The van der Waals surface area contributed by atoms with Gasteiger partial charge in [0, 0.05) is 0 Å². The first kappa shape index (κ1) is 41.4. The first-order chi connectivity index (χ1) is 25.6. The smallest absolute Gasteiger partial charge is 0.347 e. The lowest BCUT2D eigenvalue weighted by Gasteiger charge is -2.15. The maximum absolute atomic E-state index is 13.0. The van der Waals surface area contributed by atoms with Crippen LogP contribution >= 0.6 is 23.2 Å². The van der Waals surface area contributed by atoms with Crippen LogP contribution in [0.5, 0.6) is 11.5 Å². The minimum atomic E-state index is -1.02. The van der Waals surface area contributed by atoms with E-state index in [2.05, 4.69) is 6.92 Å². The van der Waals surface area contributed by atoms with E-state index in [1.165, 1.54) is 45.4 Å². The summed E-state index contributed by atoms with van der Waals surface area (Å²) in [6.07, 6.45) is 9.78. The third-order valence-corrected chi connectivity index (χ3v) is 9.64. The average Bonchev–Trinajstić information content (AvgIpc) is 3.17. The van der Waals surface area contributed by atoms with Gasteiger partial charge in [-0.05, 0) is 90.0 Å². The van der Waals surface area contributed by atoms with Crippen LogP contribution in [-0.2, 0) is 14.3 Å². The second kappa shape index (κ2) is 21.4. The Labute approximate surface area is 323 Å². The summed E-state index contributed by atoms with van der Waals surface area (Å²) in [7, 11) is 0. The van der Waals surface area contributed by atoms with Crippen molar-refractivity contribution in [2.24, 2.45) is 5.92 Å². The van der Waals surface area contributed by atoms with E-state index in [-0.39, 0.29) is 28.9 Å². The van der Waals surface area contributed by atoms with Gasteiger partial charge in [-0.1, -0.05) is 132 Å². The Balaban J connectivity index is 1.27. The molecule has 0 spiro atoms. The highest BCUT2D eigenvalue weighted by Gasteiger charge is 2.21. The van der Waals surface area contributed by atoms with E-state index in [0.29, 0.717) is 22.9 Å². The second-order valence-electron chi connectivity index (χ2n) is 13.3. The fraction of sp³-hybridized carbons (Fsp3) is 0.386. The van der Waals surface area contributed by atoms with Crippen molar-refractivity contribution >= 4 is 41.1 Å². The standard InChI is InChI=1S/C44H50Cl2O7/c1-5-7-8-9-10-11-12-13-26-50-40-24-22-36(27-38(40)45)32-16-20-35(21-17-32)44(49)53-41-25-23-37(28-39(41)46)33-14-18-34(19-15-33)43(48)52-31(4)42(47)51-29-30(3)6-2/h14-25,27-28,30-31H,5-13,26,29H2,1-4H3/t30-,31-/m1/s1. The number of hydrogen-bond donors (Lipinski definition) is 0. The number of halogens is 2. The lowest BCUT2D eigenvalue weighted by Crippen LogP contribution is -2.27. The third kappa shape index (κ3) is 12.9. The van der Waals surface area contributed by atoms with Crippen LogP contribution in [0.1, 0.15) is 106 Å². The quantitative estimate of drug-likeness (QED) is 0.0503. The van der Waals surface area contributed by atoms with E-state index in [1.54, 1.807) is 54.6 Å². The lowest BCUT2D eigenvalue weighted by molar-refractivity contribution is -0.154. The fourth-order valence-corrected chi connectivity index (χ4v) is 5.93. The van der Waals surface area contributed by atoms with Crippen LogP contribution < -0.4 is 9.47 Å². The van der Waals surface area contributed by atoms with Gasteiger partial charge in [-0.2, -0.15) is 0 Å². The number of benzene rings is 4. The van der Waals surface area contributed by atoms with Crippen LogP contribution in [0.25, 0.3) is 22.3 Å². The number of carbonyl (C=O) groups excluding carboxylic acids is 3. The molecule has 0 amide bonds. The normalized spacial score (nSPS) is 12.1. The van der Waals surface area contributed by atoms with Crippen molar-refractivity contribution in [1.82, 2.24) is 0 Å². The monoisotopic (exact) mass is 760 g/mol. The Morgan fingerprint density at radius 3 is 1.62 bits per heavy atom. The molecule has 0 aromatic heterocycles. The molecule has 0 heterocycles. The van der Waals surface area contributed by atoms with E-state index in [4.69, 9.17) is 42.1 Å². The van der Waals surface area contributed by atoms with Crippen molar-refractivity contribution in [1.29, 1.82) is 0 Å². The highest BCUT2D eigenvalue weighted by atomic mass is 35.5. The minimum Gasteiger partial charge on any atom is -0.492 e. The molecule has 53 heavy (non-hydrogen) atoms. The van der Waals surface area contributed by atoms with E-state index < -0.39 is 24.0 Å². The van der Waals surface area contributed by atoms with Crippen molar-refractivity contribution in [3.05, 3.63) is 106 Å². The average molecular weight is 762 g/mol. The summed E-state index contributed by atoms with van der Waals surface area (Å²) in [5.41, 5.74) is 3.99. The highest BCUT2D eigenvalue weighted by Crippen LogP contribution is 2.33. The molecule has 4 aromatic rings. The molecule has 7 nitrogen and oxygen atoms in total. The van der Waals surface area contributed by atoms with Gasteiger partial charge >= 0.3 is 17.9 Å². The summed E-state index contributed by atoms with van der Waals surface area (Å²) in [5, 5.41) is 0.795. The van der Waals surface area contributed by atoms with Gasteiger partial charge in [-0.25, -0.2) is 14.4 Å². The molecule has 0 unspecified atom stereocenters. The fourth-order valence-electron chi connectivity index (χ4n) is 5.47. The summed E-state index contributed by atoms with van der Waals surface area (Å²) >= 11 is 13.1. The van der Waals surface area contributed by atoms with Crippen LogP contribution in [0.4, 0.5) is 0 Å². The maximum atomic E-state index is 13.0. The SMILES string of the molecule is CCCCCCCCCCOc1ccc(-c2ccc(C(=O)Oc3ccc(-c4ccc(C(=O)O[C@H](C)C(=O)OC[C@H](C)CC)cc4)cc3Cl)cc2)cc1Cl. The number of ether oxygens (including phenoxy) is 4. The lowest BCUT2D eigenvalue weighted by atomic mass is 10.0. The van der Waals surface area contributed by atoms with Crippen LogP contribution in [0.2, 0.25) is 10.0 Å².